The van der Waals surface area contributed by atoms with Gasteiger partial charge < -0.3 is 5.32 Å². The number of benzene rings is 3. The molecule has 29 heavy (non-hydrogen) atoms. The molecule has 5 nitrogen and oxygen atoms in total. The summed E-state index contributed by atoms with van der Waals surface area (Å²) >= 11 is 6.34. The number of carbonyl (C=O) groups is 3. The molecule has 1 heterocycles. The molecule has 1 aliphatic rings. The number of hydrogen-bond donors (Lipinski definition) is 1. The Labute approximate surface area is 172 Å². The highest BCUT2D eigenvalue weighted by molar-refractivity contribution is 6.34. The van der Waals surface area contributed by atoms with E-state index in [1.165, 1.54) is 4.90 Å². The van der Waals surface area contributed by atoms with Crippen LogP contribution in [0.1, 0.15) is 42.2 Å². The summed E-state index contributed by atoms with van der Waals surface area (Å²) in [5.41, 5.74) is 3.18. The van der Waals surface area contributed by atoms with Gasteiger partial charge in [0.15, 0.2) is 0 Å². The maximum absolute atomic E-state index is 12.7. The molecule has 0 unspecified atom stereocenters. The van der Waals surface area contributed by atoms with Gasteiger partial charge >= 0.3 is 0 Å². The van der Waals surface area contributed by atoms with E-state index >= 15 is 0 Å². The predicted molar refractivity (Wildman–Crippen MR) is 111 cm³/mol. The molecule has 144 valence electrons. The van der Waals surface area contributed by atoms with E-state index in [1.54, 1.807) is 60.7 Å². The zero-order chi connectivity index (χ0) is 20.5. The van der Waals surface area contributed by atoms with Gasteiger partial charge in [-0.05, 0) is 42.8 Å². The van der Waals surface area contributed by atoms with Crippen LogP contribution in [0.2, 0.25) is 5.02 Å². The Balaban J connectivity index is 1.63. The summed E-state index contributed by atoms with van der Waals surface area (Å²) in [5.74, 6) is -1.03. The summed E-state index contributed by atoms with van der Waals surface area (Å²) in [6.07, 6.45) is 0. The van der Waals surface area contributed by atoms with E-state index < -0.39 is 0 Å². The van der Waals surface area contributed by atoms with Crippen LogP contribution >= 0.6 is 11.6 Å². The molecule has 6 heteroatoms. The lowest BCUT2D eigenvalue weighted by atomic mass is 10.1. The quantitative estimate of drug-likeness (QED) is 0.641. The van der Waals surface area contributed by atoms with Crippen molar-refractivity contribution in [2.24, 2.45) is 0 Å². The van der Waals surface area contributed by atoms with Crippen LogP contribution in [0.4, 0.5) is 5.69 Å². The second-order valence-electron chi connectivity index (χ2n) is 6.84. The number of imide groups is 1. The number of hydrogen-bond acceptors (Lipinski definition) is 3. The van der Waals surface area contributed by atoms with Crippen LogP contribution < -0.4 is 5.32 Å². The summed E-state index contributed by atoms with van der Waals surface area (Å²) in [6.45, 7) is 1.91. The topological polar surface area (TPSA) is 66.5 Å². The summed E-state index contributed by atoms with van der Waals surface area (Å²) in [7, 11) is 0. The number of para-hydroxylation sites is 1. The third kappa shape index (κ3) is 3.52. The van der Waals surface area contributed by atoms with Crippen LogP contribution in [0.15, 0.2) is 66.7 Å². The minimum Gasteiger partial charge on any atom is -0.320 e. The van der Waals surface area contributed by atoms with Crippen LogP contribution in [0.5, 0.6) is 0 Å². The molecule has 4 rings (SSSR count). The molecule has 3 aromatic carbocycles. The van der Waals surface area contributed by atoms with Crippen molar-refractivity contribution in [3.05, 3.63) is 99.6 Å². The highest BCUT2D eigenvalue weighted by Gasteiger charge is 2.35. The van der Waals surface area contributed by atoms with Gasteiger partial charge in [-0.25, -0.2) is 0 Å². The second-order valence-corrected chi connectivity index (χ2v) is 7.25. The maximum atomic E-state index is 12.7. The van der Waals surface area contributed by atoms with Gasteiger partial charge in [0, 0.05) is 5.56 Å². The molecular formula is C23H17ClN2O3. The largest absolute Gasteiger partial charge is 0.320 e. The molecule has 0 bridgehead atoms. The number of halogens is 1. The van der Waals surface area contributed by atoms with E-state index in [-0.39, 0.29) is 24.3 Å². The van der Waals surface area contributed by atoms with Crippen molar-refractivity contribution in [2.75, 3.05) is 5.32 Å². The van der Waals surface area contributed by atoms with Crippen molar-refractivity contribution in [1.29, 1.82) is 0 Å². The molecule has 0 radical (unpaired) electrons. The number of carbonyl (C=O) groups excluding carboxylic acids is 3. The smallest absolute Gasteiger partial charge is 0.261 e. The highest BCUT2D eigenvalue weighted by Crippen LogP contribution is 2.31. The zero-order valence-corrected chi connectivity index (χ0v) is 16.4. The van der Waals surface area contributed by atoms with Gasteiger partial charge in [-0.15, -0.1) is 0 Å². The Hall–Kier alpha value is -3.44. The third-order valence-corrected chi connectivity index (χ3v) is 5.14. The molecule has 0 saturated heterocycles. The number of fused-ring (bicyclic) bond motifs is 1. The van der Waals surface area contributed by atoms with E-state index in [4.69, 9.17) is 11.6 Å². The van der Waals surface area contributed by atoms with E-state index in [9.17, 15) is 14.4 Å². The number of anilines is 1. The fourth-order valence-corrected chi connectivity index (χ4v) is 3.61. The Morgan fingerprint density at radius 1 is 0.931 bits per heavy atom. The van der Waals surface area contributed by atoms with Crippen LogP contribution in [0, 0.1) is 6.92 Å². The summed E-state index contributed by atoms with van der Waals surface area (Å²) in [4.78, 5) is 39.2. The van der Waals surface area contributed by atoms with Gasteiger partial charge in [0.2, 0.25) is 0 Å². The zero-order valence-electron chi connectivity index (χ0n) is 15.6. The van der Waals surface area contributed by atoms with Crippen molar-refractivity contribution in [3.63, 3.8) is 0 Å². The number of amides is 3. The predicted octanol–water partition coefficient (Wildman–Crippen LogP) is 4.70. The number of aryl methyl sites for hydroxylation is 1. The normalized spacial score (nSPS) is 12.8. The lowest BCUT2D eigenvalue weighted by molar-refractivity contribution is 0.0642. The fourth-order valence-electron chi connectivity index (χ4n) is 3.37. The average Bonchev–Trinajstić information content (AvgIpc) is 2.95. The van der Waals surface area contributed by atoms with Crippen LogP contribution in [-0.4, -0.2) is 22.6 Å². The Kier molecular flexibility index (Phi) is 4.91. The number of rotatable bonds is 4. The van der Waals surface area contributed by atoms with Crippen molar-refractivity contribution < 1.29 is 14.4 Å². The molecule has 3 aromatic rings. The Bertz CT molecular complexity index is 1120. The summed E-state index contributed by atoms with van der Waals surface area (Å²) in [6, 6.07) is 19.0. The first-order valence-electron chi connectivity index (χ1n) is 9.06. The molecule has 0 saturated carbocycles. The standard InChI is InChI=1S/C23H17ClN2O3/c1-14-6-4-7-15(12-14)21(27)25-20-16(8-5-11-19(20)24)13-26-22(28)17-9-2-3-10-18(17)23(26)29/h2-12H,13H2,1H3,(H,25,27). The molecular weight excluding hydrogens is 388 g/mol. The highest BCUT2D eigenvalue weighted by atomic mass is 35.5. The SMILES string of the molecule is Cc1cccc(C(=O)Nc2c(Cl)cccc2CN2C(=O)c3ccccc3C2=O)c1. The molecule has 0 aliphatic carbocycles. The number of nitrogens with one attached hydrogen (secondary N) is 1. The van der Waals surface area contributed by atoms with Crippen LogP contribution in [0.3, 0.4) is 0 Å². The summed E-state index contributed by atoms with van der Waals surface area (Å²) < 4.78 is 0. The van der Waals surface area contributed by atoms with Crippen LogP contribution in [-0.2, 0) is 6.54 Å². The number of nitrogens with zero attached hydrogens (tertiary/aromatic N) is 1. The minimum absolute atomic E-state index is 0.0103. The van der Waals surface area contributed by atoms with E-state index in [2.05, 4.69) is 5.32 Å². The minimum atomic E-state index is -0.360. The van der Waals surface area contributed by atoms with Crippen molar-refractivity contribution in [1.82, 2.24) is 4.90 Å². The van der Waals surface area contributed by atoms with Gasteiger partial charge in [0.1, 0.15) is 0 Å². The fraction of sp³-hybridized carbons (Fsp3) is 0.0870. The maximum Gasteiger partial charge on any atom is 0.261 e. The van der Waals surface area contributed by atoms with Gasteiger partial charge in [-0.1, -0.05) is 53.6 Å². The first-order valence-corrected chi connectivity index (χ1v) is 9.44. The summed E-state index contributed by atoms with van der Waals surface area (Å²) in [5, 5.41) is 3.16. The lowest BCUT2D eigenvalue weighted by Gasteiger charge is -2.18. The average molecular weight is 405 g/mol. The van der Waals surface area contributed by atoms with Gasteiger partial charge in [-0.3, -0.25) is 19.3 Å². The Morgan fingerprint density at radius 3 is 2.24 bits per heavy atom. The Morgan fingerprint density at radius 2 is 1.59 bits per heavy atom. The lowest BCUT2D eigenvalue weighted by Crippen LogP contribution is -2.29. The van der Waals surface area contributed by atoms with Gasteiger partial charge in [0.05, 0.1) is 28.4 Å². The molecule has 0 aromatic heterocycles. The van der Waals surface area contributed by atoms with Crippen molar-refractivity contribution in [3.8, 4) is 0 Å². The van der Waals surface area contributed by atoms with E-state index in [1.807, 2.05) is 13.0 Å². The third-order valence-electron chi connectivity index (χ3n) is 4.83. The van der Waals surface area contributed by atoms with Crippen molar-refractivity contribution in [2.45, 2.75) is 13.5 Å². The van der Waals surface area contributed by atoms with Crippen molar-refractivity contribution >= 4 is 35.0 Å². The van der Waals surface area contributed by atoms with Crippen LogP contribution in [0.25, 0.3) is 0 Å². The molecule has 0 spiro atoms. The molecule has 3 amide bonds. The molecule has 0 atom stereocenters. The first-order chi connectivity index (χ1) is 14.0. The van der Waals surface area contributed by atoms with E-state index in [0.29, 0.717) is 33.0 Å². The molecule has 1 N–H and O–H groups in total. The second kappa shape index (κ2) is 7.53. The van der Waals surface area contributed by atoms with Gasteiger partial charge in [-0.2, -0.15) is 0 Å². The van der Waals surface area contributed by atoms with E-state index in [0.717, 1.165) is 5.56 Å². The molecule has 1 aliphatic heterocycles. The van der Waals surface area contributed by atoms with Gasteiger partial charge in [0.25, 0.3) is 17.7 Å². The molecule has 0 fully saturated rings. The monoisotopic (exact) mass is 404 g/mol. The first kappa shape index (κ1) is 18.9.